The van der Waals surface area contributed by atoms with Gasteiger partial charge < -0.3 is 0 Å². The maximum Gasteiger partial charge on any atom is 0.285 e. The maximum atomic E-state index is 15.7. The quantitative estimate of drug-likeness (QED) is 0.275. The highest BCUT2D eigenvalue weighted by Gasteiger charge is 2.21. The van der Waals surface area contributed by atoms with Crippen LogP contribution < -0.4 is 5.56 Å². The molecular weight excluding hydrogens is 475 g/mol. The first kappa shape index (κ1) is 21.9. The zero-order valence-corrected chi connectivity index (χ0v) is 19.6. The number of halogens is 2. The standard InChI is InChI=1S/C29H18ClFN4O/c30-22-14-11-20(12-15-22)28-33-27-26(34(18-32-27)23-9-5-2-6-10-23)29(36)35(28)25-16-13-21(17-24(25)31)19-7-3-1-4-8-19/h1-18H. The molecule has 0 radical (unpaired) electrons. The Kier molecular flexibility index (Phi) is 5.43. The largest absolute Gasteiger partial charge is 0.293 e. The Hall–Kier alpha value is -4.55. The van der Waals surface area contributed by atoms with Gasteiger partial charge in [0.25, 0.3) is 5.56 Å². The topological polar surface area (TPSA) is 52.7 Å². The molecule has 4 aromatic carbocycles. The van der Waals surface area contributed by atoms with Gasteiger partial charge in [-0.3, -0.25) is 13.9 Å². The van der Waals surface area contributed by atoms with E-state index < -0.39 is 11.4 Å². The number of aromatic nitrogens is 4. The van der Waals surface area contributed by atoms with E-state index in [-0.39, 0.29) is 22.7 Å². The predicted octanol–water partition coefficient (Wildman–Crippen LogP) is 6.70. The molecule has 0 fully saturated rings. The van der Waals surface area contributed by atoms with Crippen LogP contribution >= 0.6 is 11.6 Å². The molecule has 0 aliphatic carbocycles. The Labute approximate surface area is 210 Å². The van der Waals surface area contributed by atoms with Crippen LogP contribution in [0.3, 0.4) is 0 Å². The lowest BCUT2D eigenvalue weighted by atomic mass is 10.0. The summed E-state index contributed by atoms with van der Waals surface area (Å²) in [5.74, 6) is -0.269. The maximum absolute atomic E-state index is 15.7. The Morgan fingerprint density at radius 2 is 1.42 bits per heavy atom. The van der Waals surface area contributed by atoms with Crippen molar-refractivity contribution in [3.05, 3.63) is 131 Å². The monoisotopic (exact) mass is 492 g/mol. The molecule has 7 heteroatoms. The van der Waals surface area contributed by atoms with Gasteiger partial charge in [-0.1, -0.05) is 66.2 Å². The van der Waals surface area contributed by atoms with Crippen molar-refractivity contribution in [2.45, 2.75) is 0 Å². The molecule has 0 spiro atoms. The number of para-hydroxylation sites is 1. The lowest BCUT2D eigenvalue weighted by Crippen LogP contribution is -2.24. The van der Waals surface area contributed by atoms with Crippen LogP contribution in [0.4, 0.5) is 4.39 Å². The van der Waals surface area contributed by atoms with Gasteiger partial charge in [-0.05, 0) is 59.7 Å². The summed E-state index contributed by atoms with van der Waals surface area (Å²) < 4.78 is 18.7. The third-order valence-electron chi connectivity index (χ3n) is 6.01. The van der Waals surface area contributed by atoms with Gasteiger partial charge >= 0.3 is 0 Å². The number of rotatable bonds is 4. The fourth-order valence-corrected chi connectivity index (χ4v) is 4.40. The van der Waals surface area contributed by atoms with E-state index >= 15 is 4.39 Å². The van der Waals surface area contributed by atoms with Crippen molar-refractivity contribution in [1.29, 1.82) is 0 Å². The Bertz CT molecular complexity index is 1760. The smallest absolute Gasteiger partial charge is 0.285 e. The highest BCUT2D eigenvalue weighted by atomic mass is 35.5. The number of hydrogen-bond donors (Lipinski definition) is 0. The van der Waals surface area contributed by atoms with Gasteiger partial charge in [-0.15, -0.1) is 0 Å². The molecule has 0 saturated carbocycles. The van der Waals surface area contributed by atoms with Gasteiger partial charge in [0.15, 0.2) is 11.2 Å². The van der Waals surface area contributed by atoms with Crippen LogP contribution in [0.1, 0.15) is 0 Å². The average Bonchev–Trinajstić information content (AvgIpc) is 3.35. The van der Waals surface area contributed by atoms with E-state index in [0.29, 0.717) is 16.1 Å². The number of benzene rings is 4. The normalized spacial score (nSPS) is 11.2. The lowest BCUT2D eigenvalue weighted by Gasteiger charge is -2.15. The molecule has 0 N–H and O–H groups in total. The summed E-state index contributed by atoms with van der Waals surface area (Å²) in [5, 5.41) is 0.542. The molecule has 36 heavy (non-hydrogen) atoms. The third kappa shape index (κ3) is 3.78. The number of hydrogen-bond acceptors (Lipinski definition) is 3. The van der Waals surface area contributed by atoms with E-state index in [2.05, 4.69) is 4.98 Å². The molecule has 6 aromatic rings. The van der Waals surface area contributed by atoms with E-state index in [1.54, 1.807) is 47.3 Å². The first-order valence-electron chi connectivity index (χ1n) is 11.3. The Morgan fingerprint density at radius 3 is 2.11 bits per heavy atom. The second-order valence-corrected chi connectivity index (χ2v) is 8.67. The van der Waals surface area contributed by atoms with E-state index in [1.807, 2.05) is 60.7 Å². The highest BCUT2D eigenvalue weighted by molar-refractivity contribution is 6.30. The van der Waals surface area contributed by atoms with Crippen LogP contribution in [-0.4, -0.2) is 19.1 Å². The van der Waals surface area contributed by atoms with Gasteiger partial charge in [0, 0.05) is 16.3 Å². The minimum Gasteiger partial charge on any atom is -0.293 e. The van der Waals surface area contributed by atoms with E-state index in [9.17, 15) is 4.79 Å². The molecule has 2 heterocycles. The van der Waals surface area contributed by atoms with Crippen LogP contribution in [-0.2, 0) is 0 Å². The second-order valence-electron chi connectivity index (χ2n) is 8.24. The molecule has 0 aliphatic heterocycles. The van der Waals surface area contributed by atoms with Gasteiger partial charge in [-0.25, -0.2) is 14.4 Å². The summed E-state index contributed by atoms with van der Waals surface area (Å²) in [5.41, 5.74) is 3.14. The molecule has 2 aromatic heterocycles. The number of fused-ring (bicyclic) bond motifs is 1. The van der Waals surface area contributed by atoms with E-state index in [4.69, 9.17) is 16.6 Å². The number of nitrogens with zero attached hydrogens (tertiary/aromatic N) is 4. The third-order valence-corrected chi connectivity index (χ3v) is 6.26. The zero-order valence-electron chi connectivity index (χ0n) is 18.8. The van der Waals surface area contributed by atoms with Crippen LogP contribution in [0, 0.1) is 5.82 Å². The van der Waals surface area contributed by atoms with Crippen molar-refractivity contribution >= 4 is 22.8 Å². The molecule has 0 unspecified atom stereocenters. The van der Waals surface area contributed by atoms with Crippen LogP contribution in [0.15, 0.2) is 114 Å². The summed E-state index contributed by atoms with van der Waals surface area (Å²) in [4.78, 5) is 23.1. The first-order valence-corrected chi connectivity index (χ1v) is 11.6. The highest BCUT2D eigenvalue weighted by Crippen LogP contribution is 2.28. The lowest BCUT2D eigenvalue weighted by molar-refractivity contribution is 0.617. The zero-order chi connectivity index (χ0) is 24.6. The molecule has 0 saturated heterocycles. The van der Waals surface area contributed by atoms with E-state index in [0.717, 1.165) is 11.3 Å². The number of imidazole rings is 1. The second kappa shape index (κ2) is 8.91. The van der Waals surface area contributed by atoms with Crippen molar-refractivity contribution in [3.8, 4) is 33.9 Å². The minimum atomic E-state index is -0.541. The molecule has 0 amide bonds. The van der Waals surface area contributed by atoms with Gasteiger partial charge in [0.05, 0.1) is 5.69 Å². The van der Waals surface area contributed by atoms with Crippen LogP contribution in [0.2, 0.25) is 5.02 Å². The predicted molar refractivity (Wildman–Crippen MR) is 140 cm³/mol. The molecular formula is C29H18ClFN4O. The summed E-state index contributed by atoms with van der Waals surface area (Å²) in [7, 11) is 0. The van der Waals surface area contributed by atoms with Gasteiger partial charge in [-0.2, -0.15) is 0 Å². The Morgan fingerprint density at radius 1 is 0.750 bits per heavy atom. The first-order chi connectivity index (χ1) is 17.6. The van der Waals surface area contributed by atoms with Crippen LogP contribution in [0.25, 0.3) is 45.1 Å². The molecule has 0 atom stereocenters. The summed E-state index contributed by atoms with van der Waals surface area (Å²) in [6, 6.07) is 30.6. The molecule has 0 bridgehead atoms. The summed E-state index contributed by atoms with van der Waals surface area (Å²) in [6.07, 6.45) is 1.55. The fourth-order valence-electron chi connectivity index (χ4n) is 4.27. The molecule has 174 valence electrons. The van der Waals surface area contributed by atoms with Crippen molar-refractivity contribution in [1.82, 2.24) is 19.1 Å². The van der Waals surface area contributed by atoms with Gasteiger partial charge in [0.2, 0.25) is 0 Å². The fraction of sp³-hybridized carbons (Fsp3) is 0. The summed E-state index contributed by atoms with van der Waals surface area (Å²) >= 11 is 6.09. The van der Waals surface area contributed by atoms with Crippen molar-refractivity contribution in [2.75, 3.05) is 0 Å². The van der Waals surface area contributed by atoms with E-state index in [1.165, 1.54) is 10.6 Å². The average molecular weight is 493 g/mol. The van der Waals surface area contributed by atoms with Gasteiger partial charge in [0.1, 0.15) is 18.0 Å². The Balaban J connectivity index is 1.63. The van der Waals surface area contributed by atoms with Crippen molar-refractivity contribution in [2.24, 2.45) is 0 Å². The van der Waals surface area contributed by atoms with Crippen molar-refractivity contribution in [3.63, 3.8) is 0 Å². The SMILES string of the molecule is O=c1c2c(ncn2-c2ccccc2)nc(-c2ccc(Cl)cc2)n1-c1ccc(-c2ccccc2)cc1F. The van der Waals surface area contributed by atoms with Crippen molar-refractivity contribution < 1.29 is 4.39 Å². The molecule has 6 rings (SSSR count). The molecule has 0 aliphatic rings. The molecule has 5 nitrogen and oxygen atoms in total. The van der Waals surface area contributed by atoms with Crippen LogP contribution in [0.5, 0.6) is 0 Å². The summed E-state index contributed by atoms with van der Waals surface area (Å²) in [6.45, 7) is 0. The minimum absolute atomic E-state index is 0.0971.